The first kappa shape index (κ1) is 14.5. The molecule has 6 heteroatoms. The van der Waals surface area contributed by atoms with Crippen LogP contribution < -0.4 is 0 Å². The number of nitrogens with zero attached hydrogens (tertiary/aromatic N) is 3. The molecule has 0 saturated carbocycles. The zero-order valence-electron chi connectivity index (χ0n) is 10.2. The number of halogens is 1. The third-order valence-corrected chi connectivity index (χ3v) is 4.75. The molecular weight excluding hydrogens is 274 g/mol. The van der Waals surface area contributed by atoms with Crippen molar-refractivity contribution >= 4 is 39.9 Å². The maximum atomic E-state index is 9.12. The van der Waals surface area contributed by atoms with Crippen molar-refractivity contribution in [2.24, 2.45) is 0 Å². The molecule has 1 rings (SSSR count). The molecule has 3 nitrogen and oxygen atoms in total. The molecule has 0 saturated heterocycles. The normalized spacial score (nSPS) is 14.1. The van der Waals surface area contributed by atoms with E-state index < -0.39 is 4.75 Å². The van der Waals surface area contributed by atoms with E-state index in [1.807, 2.05) is 27.7 Å². The smallest absolute Gasteiger partial charge is 0.163 e. The van der Waals surface area contributed by atoms with Crippen LogP contribution in [0.2, 0.25) is 5.02 Å². The molecule has 0 aliphatic carbocycles. The molecule has 1 heterocycles. The van der Waals surface area contributed by atoms with Crippen LogP contribution in [0.15, 0.2) is 0 Å². The molecule has 0 amide bonds. The molecule has 0 fully saturated rings. The van der Waals surface area contributed by atoms with Gasteiger partial charge in [0.2, 0.25) is 0 Å². The number of aryl methyl sites for hydroxylation is 1. The van der Waals surface area contributed by atoms with Crippen LogP contribution in [0.1, 0.15) is 31.7 Å². The van der Waals surface area contributed by atoms with Crippen LogP contribution in [0, 0.1) is 25.2 Å². The standard InChI is InChI=1S/C11H14ClN3S2/c1-5-11(4,6-13)17-10(16)15-8(3)9(12)7(2)14-15/h5H2,1-4H3/t11-/m1/s1. The lowest BCUT2D eigenvalue weighted by molar-refractivity contribution is 0.771. The Morgan fingerprint density at radius 1 is 1.65 bits per heavy atom. The van der Waals surface area contributed by atoms with Gasteiger partial charge in [-0.3, -0.25) is 0 Å². The molecule has 0 spiro atoms. The number of rotatable bonds is 2. The van der Waals surface area contributed by atoms with Crippen molar-refractivity contribution in [3.63, 3.8) is 0 Å². The maximum absolute atomic E-state index is 9.12. The van der Waals surface area contributed by atoms with Gasteiger partial charge in [-0.1, -0.05) is 42.5 Å². The molecule has 1 atom stereocenters. The van der Waals surface area contributed by atoms with Crippen LogP contribution in [-0.2, 0) is 0 Å². The highest BCUT2D eigenvalue weighted by Gasteiger charge is 2.26. The SMILES string of the molecule is CC[C@](C)(C#N)SC(=S)n1nc(C)c(Cl)c1C. The van der Waals surface area contributed by atoms with Gasteiger partial charge in [-0.2, -0.15) is 10.4 Å². The summed E-state index contributed by atoms with van der Waals surface area (Å²) in [4.78, 5) is 0. The van der Waals surface area contributed by atoms with E-state index in [0.29, 0.717) is 9.34 Å². The monoisotopic (exact) mass is 287 g/mol. The lowest BCUT2D eigenvalue weighted by Gasteiger charge is -2.19. The van der Waals surface area contributed by atoms with E-state index >= 15 is 0 Å². The minimum atomic E-state index is -0.518. The van der Waals surface area contributed by atoms with Gasteiger partial charge in [-0.25, -0.2) is 4.68 Å². The topological polar surface area (TPSA) is 41.6 Å². The second-order valence-corrected chi connectivity index (χ2v) is 6.48. The summed E-state index contributed by atoms with van der Waals surface area (Å²) >= 11 is 12.7. The molecule has 0 radical (unpaired) electrons. The predicted octanol–water partition coefficient (Wildman–Crippen LogP) is 3.71. The Labute approximate surface area is 116 Å². The Morgan fingerprint density at radius 2 is 2.24 bits per heavy atom. The van der Waals surface area contributed by atoms with Gasteiger partial charge in [0.15, 0.2) is 4.32 Å². The summed E-state index contributed by atoms with van der Waals surface area (Å²) in [5.41, 5.74) is 1.57. The van der Waals surface area contributed by atoms with E-state index in [0.717, 1.165) is 17.8 Å². The van der Waals surface area contributed by atoms with E-state index in [2.05, 4.69) is 11.2 Å². The van der Waals surface area contributed by atoms with E-state index in [1.54, 1.807) is 4.68 Å². The van der Waals surface area contributed by atoms with Gasteiger partial charge in [0.25, 0.3) is 0 Å². The summed E-state index contributed by atoms with van der Waals surface area (Å²) in [6, 6.07) is 2.27. The highest BCUT2D eigenvalue weighted by Crippen LogP contribution is 2.31. The third kappa shape index (κ3) is 3.01. The van der Waals surface area contributed by atoms with Gasteiger partial charge < -0.3 is 0 Å². The number of thioether (sulfide) groups is 1. The summed E-state index contributed by atoms with van der Waals surface area (Å²) < 4.78 is 1.67. The number of hydrogen-bond acceptors (Lipinski definition) is 4. The summed E-state index contributed by atoms with van der Waals surface area (Å²) in [5.74, 6) is 0. The fourth-order valence-corrected chi connectivity index (χ4v) is 2.90. The van der Waals surface area contributed by atoms with Crippen molar-refractivity contribution in [1.29, 1.82) is 5.26 Å². The molecule has 1 aromatic rings. The van der Waals surface area contributed by atoms with E-state index in [1.165, 1.54) is 11.8 Å². The highest BCUT2D eigenvalue weighted by molar-refractivity contribution is 8.24. The summed E-state index contributed by atoms with van der Waals surface area (Å²) in [6.45, 7) is 7.54. The van der Waals surface area contributed by atoms with E-state index in [9.17, 15) is 0 Å². The Morgan fingerprint density at radius 3 is 2.59 bits per heavy atom. The van der Waals surface area contributed by atoms with Gasteiger partial charge in [0, 0.05) is 0 Å². The van der Waals surface area contributed by atoms with Crippen molar-refractivity contribution in [3.05, 3.63) is 16.4 Å². The van der Waals surface area contributed by atoms with E-state index in [-0.39, 0.29) is 0 Å². The van der Waals surface area contributed by atoms with Crippen LogP contribution in [0.5, 0.6) is 0 Å². The molecule has 0 unspecified atom stereocenters. The molecule has 92 valence electrons. The van der Waals surface area contributed by atoms with Gasteiger partial charge in [0.05, 0.1) is 22.5 Å². The van der Waals surface area contributed by atoms with Crippen LogP contribution >= 0.6 is 35.6 Å². The van der Waals surface area contributed by atoms with Crippen LogP contribution in [0.3, 0.4) is 0 Å². The van der Waals surface area contributed by atoms with E-state index in [4.69, 9.17) is 29.1 Å². The molecule has 0 aliphatic rings. The van der Waals surface area contributed by atoms with Crippen molar-refractivity contribution in [3.8, 4) is 6.07 Å². The zero-order valence-corrected chi connectivity index (χ0v) is 12.6. The lowest BCUT2D eigenvalue weighted by atomic mass is 10.1. The number of hydrogen-bond donors (Lipinski definition) is 0. The molecule has 0 aromatic carbocycles. The lowest BCUT2D eigenvalue weighted by Crippen LogP contribution is -2.22. The third-order valence-electron chi connectivity index (χ3n) is 2.60. The second-order valence-electron chi connectivity index (χ2n) is 3.96. The van der Waals surface area contributed by atoms with Crippen molar-refractivity contribution in [2.45, 2.75) is 38.9 Å². The first-order valence-corrected chi connectivity index (χ1v) is 6.81. The first-order chi connectivity index (χ1) is 7.84. The van der Waals surface area contributed by atoms with Gasteiger partial charge >= 0.3 is 0 Å². The highest BCUT2D eigenvalue weighted by atomic mass is 35.5. The number of aromatic nitrogens is 2. The van der Waals surface area contributed by atoms with Crippen molar-refractivity contribution < 1.29 is 0 Å². The first-order valence-electron chi connectivity index (χ1n) is 5.21. The summed E-state index contributed by atoms with van der Waals surface area (Å²) in [6.07, 6.45) is 0.724. The molecule has 0 bridgehead atoms. The largest absolute Gasteiger partial charge is 0.219 e. The minimum absolute atomic E-state index is 0.518. The molecule has 0 N–H and O–H groups in total. The molecular formula is C11H14ClN3S2. The Kier molecular flexibility index (Phi) is 4.59. The molecule has 1 aromatic heterocycles. The van der Waals surface area contributed by atoms with Crippen LogP contribution in [0.4, 0.5) is 0 Å². The summed E-state index contributed by atoms with van der Waals surface area (Å²) in [5, 5.41) is 14.0. The second kappa shape index (κ2) is 5.38. The fourth-order valence-electron chi connectivity index (χ4n) is 1.21. The average molecular weight is 288 g/mol. The fraction of sp³-hybridized carbons (Fsp3) is 0.545. The Bertz CT molecular complexity index is 490. The predicted molar refractivity (Wildman–Crippen MR) is 76.6 cm³/mol. The number of nitriles is 1. The van der Waals surface area contributed by atoms with Crippen molar-refractivity contribution in [1.82, 2.24) is 9.78 Å². The Hall–Kier alpha value is -0.570. The molecule has 17 heavy (non-hydrogen) atoms. The average Bonchev–Trinajstić information content (AvgIpc) is 2.57. The quantitative estimate of drug-likeness (QED) is 0.778. The zero-order chi connectivity index (χ0) is 13.2. The van der Waals surface area contributed by atoms with Crippen LogP contribution in [0.25, 0.3) is 0 Å². The maximum Gasteiger partial charge on any atom is 0.163 e. The minimum Gasteiger partial charge on any atom is -0.219 e. The van der Waals surface area contributed by atoms with Gasteiger partial charge in [-0.15, -0.1) is 0 Å². The Balaban J connectivity index is 2.99. The molecule has 0 aliphatic heterocycles. The summed E-state index contributed by atoms with van der Waals surface area (Å²) in [7, 11) is 0. The van der Waals surface area contributed by atoms with Gasteiger partial charge in [-0.05, 0) is 27.2 Å². The van der Waals surface area contributed by atoms with Crippen LogP contribution in [-0.4, -0.2) is 18.8 Å². The van der Waals surface area contributed by atoms with Gasteiger partial charge in [0.1, 0.15) is 4.75 Å². The number of thiocarbonyl (C=S) groups is 1. The van der Waals surface area contributed by atoms with Crippen molar-refractivity contribution in [2.75, 3.05) is 0 Å².